The quantitative estimate of drug-likeness (QED) is 0.844. The first-order chi connectivity index (χ1) is 7.74. The van der Waals surface area contributed by atoms with Gasteiger partial charge in [0.1, 0.15) is 10.6 Å². The van der Waals surface area contributed by atoms with E-state index in [-0.39, 0.29) is 11.9 Å². The van der Waals surface area contributed by atoms with Gasteiger partial charge in [0.25, 0.3) is 5.91 Å². The summed E-state index contributed by atoms with van der Waals surface area (Å²) < 4.78 is 5.18. The van der Waals surface area contributed by atoms with Crippen LogP contribution < -0.4 is 10.1 Å². The number of methoxy groups -OCH3 is 1. The van der Waals surface area contributed by atoms with Crippen molar-refractivity contribution in [2.75, 3.05) is 26.7 Å². The maximum Gasteiger partial charge on any atom is 0.268 e. The van der Waals surface area contributed by atoms with Crippen molar-refractivity contribution in [1.29, 1.82) is 0 Å². The normalized spacial score (nSPS) is 20.9. The molecule has 1 aromatic rings. The second-order valence-electron chi connectivity index (χ2n) is 3.87. The summed E-state index contributed by atoms with van der Waals surface area (Å²) in [5, 5.41) is 5.16. The molecule has 2 rings (SSSR count). The number of ether oxygens (including phenoxy) is 1. The van der Waals surface area contributed by atoms with E-state index < -0.39 is 0 Å². The van der Waals surface area contributed by atoms with Crippen LogP contribution in [0.25, 0.3) is 0 Å². The lowest BCUT2D eigenvalue weighted by molar-refractivity contribution is 0.0658. The van der Waals surface area contributed by atoms with Crippen molar-refractivity contribution in [3.05, 3.63) is 16.3 Å². The van der Waals surface area contributed by atoms with Crippen LogP contribution in [0.15, 0.2) is 11.4 Å². The van der Waals surface area contributed by atoms with Gasteiger partial charge in [0.05, 0.1) is 7.11 Å². The average Bonchev–Trinajstić information content (AvgIpc) is 2.77. The zero-order valence-corrected chi connectivity index (χ0v) is 10.3. The highest BCUT2D eigenvalue weighted by Crippen LogP contribution is 2.26. The van der Waals surface area contributed by atoms with E-state index in [1.165, 1.54) is 11.3 Å². The Labute approximate surface area is 99.2 Å². The second kappa shape index (κ2) is 4.84. The Morgan fingerprint density at radius 1 is 1.69 bits per heavy atom. The Hall–Kier alpha value is -1.07. The molecule has 16 heavy (non-hydrogen) atoms. The van der Waals surface area contributed by atoms with Gasteiger partial charge in [-0.1, -0.05) is 0 Å². The van der Waals surface area contributed by atoms with Crippen molar-refractivity contribution in [2.45, 2.75) is 13.0 Å². The summed E-state index contributed by atoms with van der Waals surface area (Å²) >= 11 is 1.44. The molecule has 1 amide bonds. The highest BCUT2D eigenvalue weighted by atomic mass is 32.1. The topological polar surface area (TPSA) is 41.6 Å². The molecule has 1 saturated heterocycles. The lowest BCUT2D eigenvalue weighted by Gasteiger charge is -2.33. The standard InChI is InChI=1S/C11H16N2O2S/c1-8-7-12-4-5-13(8)11(14)10-9(15-2)3-6-16-10/h3,6,8,12H,4-5,7H2,1-2H3/t8-/m1/s1. The third-order valence-electron chi connectivity index (χ3n) is 2.81. The molecule has 4 nitrogen and oxygen atoms in total. The lowest BCUT2D eigenvalue weighted by atomic mass is 10.2. The molecule has 1 N–H and O–H groups in total. The highest BCUT2D eigenvalue weighted by Gasteiger charge is 2.26. The van der Waals surface area contributed by atoms with Crippen molar-refractivity contribution >= 4 is 17.2 Å². The van der Waals surface area contributed by atoms with E-state index in [1.54, 1.807) is 7.11 Å². The second-order valence-corrected chi connectivity index (χ2v) is 4.79. The zero-order chi connectivity index (χ0) is 11.5. The Balaban J connectivity index is 2.17. The molecule has 0 unspecified atom stereocenters. The van der Waals surface area contributed by atoms with Crippen LogP contribution >= 0.6 is 11.3 Å². The average molecular weight is 240 g/mol. The van der Waals surface area contributed by atoms with Gasteiger partial charge in [-0.05, 0) is 18.4 Å². The predicted octanol–water partition coefficient (Wildman–Crippen LogP) is 1.19. The van der Waals surface area contributed by atoms with E-state index in [4.69, 9.17) is 4.74 Å². The minimum absolute atomic E-state index is 0.0841. The van der Waals surface area contributed by atoms with Crippen LogP contribution in [0.5, 0.6) is 5.75 Å². The molecule has 1 aromatic heterocycles. The summed E-state index contributed by atoms with van der Waals surface area (Å²) in [5.41, 5.74) is 0. The van der Waals surface area contributed by atoms with E-state index in [2.05, 4.69) is 12.2 Å². The van der Waals surface area contributed by atoms with Crippen LogP contribution in [0.3, 0.4) is 0 Å². The molecule has 88 valence electrons. The van der Waals surface area contributed by atoms with Crippen LogP contribution in [0.4, 0.5) is 0 Å². The number of piperazine rings is 1. The molecular weight excluding hydrogens is 224 g/mol. The van der Waals surface area contributed by atoms with Crippen molar-refractivity contribution in [2.24, 2.45) is 0 Å². The molecule has 0 aliphatic carbocycles. The number of rotatable bonds is 2. The summed E-state index contributed by atoms with van der Waals surface area (Å²) in [6.07, 6.45) is 0. The first-order valence-electron chi connectivity index (χ1n) is 5.37. The van der Waals surface area contributed by atoms with E-state index in [9.17, 15) is 4.79 Å². The Kier molecular flexibility index (Phi) is 3.46. The maximum atomic E-state index is 12.3. The molecule has 1 aliphatic rings. The van der Waals surface area contributed by atoms with Crippen LogP contribution in [0.1, 0.15) is 16.6 Å². The predicted molar refractivity (Wildman–Crippen MR) is 64.2 cm³/mol. The van der Waals surface area contributed by atoms with Crippen LogP contribution in [-0.4, -0.2) is 43.6 Å². The third-order valence-corrected chi connectivity index (χ3v) is 3.69. The first kappa shape index (κ1) is 11.4. The highest BCUT2D eigenvalue weighted by molar-refractivity contribution is 7.12. The number of nitrogens with one attached hydrogen (secondary N) is 1. The molecule has 2 heterocycles. The molecule has 5 heteroatoms. The largest absolute Gasteiger partial charge is 0.495 e. The fourth-order valence-corrected chi connectivity index (χ4v) is 2.70. The van der Waals surface area contributed by atoms with Gasteiger partial charge in [0, 0.05) is 25.7 Å². The molecule has 1 aliphatic heterocycles. The Morgan fingerprint density at radius 2 is 2.50 bits per heavy atom. The van der Waals surface area contributed by atoms with Crippen LogP contribution in [0, 0.1) is 0 Å². The number of carbonyl (C=O) groups is 1. The van der Waals surface area contributed by atoms with Gasteiger partial charge in [-0.15, -0.1) is 11.3 Å². The van der Waals surface area contributed by atoms with Crippen LogP contribution in [-0.2, 0) is 0 Å². The number of thiophene rings is 1. The van der Waals surface area contributed by atoms with E-state index >= 15 is 0 Å². The van der Waals surface area contributed by atoms with Crippen molar-refractivity contribution in [3.63, 3.8) is 0 Å². The lowest BCUT2D eigenvalue weighted by Crippen LogP contribution is -2.52. The fraction of sp³-hybridized carbons (Fsp3) is 0.545. The minimum atomic E-state index is 0.0841. The maximum absolute atomic E-state index is 12.3. The fourth-order valence-electron chi connectivity index (χ4n) is 1.89. The van der Waals surface area contributed by atoms with Gasteiger partial charge in [0.15, 0.2) is 0 Å². The van der Waals surface area contributed by atoms with Gasteiger partial charge in [0.2, 0.25) is 0 Å². The zero-order valence-electron chi connectivity index (χ0n) is 9.53. The molecule has 0 saturated carbocycles. The van der Waals surface area contributed by atoms with Gasteiger partial charge < -0.3 is 15.0 Å². The first-order valence-corrected chi connectivity index (χ1v) is 6.25. The number of hydrogen-bond acceptors (Lipinski definition) is 4. The summed E-state index contributed by atoms with van der Waals surface area (Å²) in [7, 11) is 1.60. The van der Waals surface area contributed by atoms with Gasteiger partial charge in [-0.2, -0.15) is 0 Å². The number of carbonyl (C=O) groups excluding carboxylic acids is 1. The monoisotopic (exact) mass is 240 g/mol. The summed E-state index contributed by atoms with van der Waals surface area (Å²) in [6, 6.07) is 2.08. The van der Waals surface area contributed by atoms with Gasteiger partial charge in [-0.3, -0.25) is 4.79 Å². The summed E-state index contributed by atoms with van der Waals surface area (Å²) in [4.78, 5) is 14.9. The number of amides is 1. The molecule has 1 fully saturated rings. The number of nitrogens with zero attached hydrogens (tertiary/aromatic N) is 1. The van der Waals surface area contributed by atoms with E-state index in [0.29, 0.717) is 10.6 Å². The molecular formula is C11H16N2O2S. The minimum Gasteiger partial charge on any atom is -0.495 e. The van der Waals surface area contributed by atoms with E-state index in [0.717, 1.165) is 19.6 Å². The van der Waals surface area contributed by atoms with Crippen LogP contribution in [0.2, 0.25) is 0 Å². The summed E-state index contributed by atoms with van der Waals surface area (Å²) in [6.45, 7) is 4.55. The third kappa shape index (κ3) is 2.05. The van der Waals surface area contributed by atoms with Gasteiger partial charge in [-0.25, -0.2) is 0 Å². The molecule has 0 aromatic carbocycles. The Morgan fingerprint density at radius 3 is 3.19 bits per heavy atom. The molecule has 0 spiro atoms. The molecule has 0 radical (unpaired) electrons. The molecule has 1 atom stereocenters. The number of hydrogen-bond donors (Lipinski definition) is 1. The Bertz CT molecular complexity index is 378. The molecule has 0 bridgehead atoms. The van der Waals surface area contributed by atoms with Crippen molar-refractivity contribution in [1.82, 2.24) is 10.2 Å². The van der Waals surface area contributed by atoms with Crippen molar-refractivity contribution < 1.29 is 9.53 Å². The smallest absolute Gasteiger partial charge is 0.268 e. The summed E-state index contributed by atoms with van der Waals surface area (Å²) in [5.74, 6) is 0.765. The van der Waals surface area contributed by atoms with Crippen molar-refractivity contribution in [3.8, 4) is 5.75 Å². The SMILES string of the molecule is COc1ccsc1C(=O)N1CCNC[C@H]1C. The van der Waals surface area contributed by atoms with E-state index in [1.807, 2.05) is 16.3 Å². The van der Waals surface area contributed by atoms with Gasteiger partial charge >= 0.3 is 0 Å².